The maximum absolute atomic E-state index is 13.5. The fourth-order valence-electron chi connectivity index (χ4n) is 1.73. The predicted octanol–water partition coefficient (Wildman–Crippen LogP) is 4.58. The molecule has 0 aliphatic rings. The van der Waals surface area contributed by atoms with E-state index in [2.05, 4.69) is 6.92 Å². The van der Waals surface area contributed by atoms with Gasteiger partial charge in [0.25, 0.3) is 0 Å². The summed E-state index contributed by atoms with van der Waals surface area (Å²) >= 11 is 0. The second kappa shape index (κ2) is 6.94. The van der Waals surface area contributed by atoms with E-state index in [1.165, 1.54) is 6.07 Å². The summed E-state index contributed by atoms with van der Waals surface area (Å²) < 4.78 is 24.8. The first-order valence-electron chi connectivity index (χ1n) is 6.82. The van der Waals surface area contributed by atoms with Gasteiger partial charge < -0.3 is 9.47 Å². The van der Waals surface area contributed by atoms with Crippen molar-refractivity contribution in [2.45, 2.75) is 33.0 Å². The van der Waals surface area contributed by atoms with Crippen molar-refractivity contribution in [3.63, 3.8) is 0 Å². The van der Waals surface area contributed by atoms with E-state index < -0.39 is 0 Å². The minimum absolute atomic E-state index is 0.164. The SMILES string of the molecule is CCC(C)Oc1cccc(OCc2ccccc2F)c1. The molecule has 2 rings (SSSR count). The molecule has 0 saturated carbocycles. The lowest BCUT2D eigenvalue weighted by Crippen LogP contribution is -2.09. The summed E-state index contributed by atoms with van der Waals surface area (Å²) in [6.45, 7) is 4.30. The number of hydrogen-bond donors (Lipinski definition) is 0. The number of rotatable bonds is 6. The third-order valence-corrected chi connectivity index (χ3v) is 3.07. The van der Waals surface area contributed by atoms with Crippen LogP contribution in [0.5, 0.6) is 11.5 Å². The molecule has 1 unspecified atom stereocenters. The van der Waals surface area contributed by atoms with Crippen molar-refractivity contribution in [1.29, 1.82) is 0 Å². The summed E-state index contributed by atoms with van der Waals surface area (Å²) in [5.41, 5.74) is 0.542. The van der Waals surface area contributed by atoms with Crippen molar-refractivity contribution in [3.05, 3.63) is 59.9 Å². The van der Waals surface area contributed by atoms with Crippen LogP contribution in [0, 0.1) is 5.82 Å². The van der Waals surface area contributed by atoms with Crippen LogP contribution in [0.3, 0.4) is 0 Å². The standard InChI is InChI=1S/C17H19FO2/c1-3-13(2)20-16-9-6-8-15(11-16)19-12-14-7-4-5-10-17(14)18/h4-11,13H,3,12H2,1-2H3. The summed E-state index contributed by atoms with van der Waals surface area (Å²) in [4.78, 5) is 0. The van der Waals surface area contributed by atoms with Gasteiger partial charge in [-0.1, -0.05) is 31.2 Å². The molecule has 0 N–H and O–H groups in total. The van der Waals surface area contributed by atoms with Crippen LogP contribution in [0.25, 0.3) is 0 Å². The number of benzene rings is 2. The van der Waals surface area contributed by atoms with Gasteiger partial charge in [-0.3, -0.25) is 0 Å². The van der Waals surface area contributed by atoms with Crippen molar-refractivity contribution < 1.29 is 13.9 Å². The first kappa shape index (κ1) is 14.4. The maximum Gasteiger partial charge on any atom is 0.129 e. The van der Waals surface area contributed by atoms with Gasteiger partial charge in [0.2, 0.25) is 0 Å². The van der Waals surface area contributed by atoms with Crippen LogP contribution in [0.15, 0.2) is 48.5 Å². The van der Waals surface area contributed by atoms with Crippen LogP contribution >= 0.6 is 0 Å². The van der Waals surface area contributed by atoms with E-state index in [1.807, 2.05) is 31.2 Å². The Morgan fingerprint density at radius 2 is 1.80 bits per heavy atom. The van der Waals surface area contributed by atoms with Gasteiger partial charge in [-0.25, -0.2) is 4.39 Å². The van der Waals surface area contributed by atoms with E-state index in [0.29, 0.717) is 11.3 Å². The Hall–Kier alpha value is -2.03. The highest BCUT2D eigenvalue weighted by atomic mass is 19.1. The van der Waals surface area contributed by atoms with Crippen molar-refractivity contribution in [2.75, 3.05) is 0 Å². The van der Waals surface area contributed by atoms with Crippen molar-refractivity contribution >= 4 is 0 Å². The molecular weight excluding hydrogens is 255 g/mol. The molecule has 3 heteroatoms. The molecule has 1 atom stereocenters. The van der Waals surface area contributed by atoms with E-state index in [-0.39, 0.29) is 18.5 Å². The molecule has 0 bridgehead atoms. The zero-order valence-electron chi connectivity index (χ0n) is 11.8. The minimum atomic E-state index is -0.250. The van der Waals surface area contributed by atoms with E-state index in [4.69, 9.17) is 9.47 Å². The van der Waals surface area contributed by atoms with Crippen LogP contribution in [0.2, 0.25) is 0 Å². The highest BCUT2D eigenvalue weighted by Gasteiger charge is 2.04. The summed E-state index contributed by atoms with van der Waals surface area (Å²) in [5.74, 6) is 1.19. The Morgan fingerprint density at radius 3 is 2.55 bits per heavy atom. The van der Waals surface area contributed by atoms with Crippen LogP contribution in [0.4, 0.5) is 4.39 Å². The number of halogens is 1. The Kier molecular flexibility index (Phi) is 4.99. The predicted molar refractivity (Wildman–Crippen MR) is 77.6 cm³/mol. The van der Waals surface area contributed by atoms with Crippen molar-refractivity contribution in [2.24, 2.45) is 0 Å². The molecule has 0 spiro atoms. The molecule has 0 amide bonds. The first-order valence-corrected chi connectivity index (χ1v) is 6.82. The molecular formula is C17H19FO2. The Bertz CT molecular complexity index is 554. The maximum atomic E-state index is 13.5. The quantitative estimate of drug-likeness (QED) is 0.767. The average Bonchev–Trinajstić information content (AvgIpc) is 2.47. The summed E-state index contributed by atoms with van der Waals surface area (Å²) in [7, 11) is 0. The van der Waals surface area contributed by atoms with Crippen LogP contribution in [0.1, 0.15) is 25.8 Å². The zero-order valence-corrected chi connectivity index (χ0v) is 11.8. The molecule has 0 aromatic heterocycles. The second-order valence-corrected chi connectivity index (χ2v) is 4.69. The van der Waals surface area contributed by atoms with Crippen LogP contribution in [-0.4, -0.2) is 6.10 Å². The van der Waals surface area contributed by atoms with E-state index in [9.17, 15) is 4.39 Å². The van der Waals surface area contributed by atoms with E-state index >= 15 is 0 Å². The molecule has 0 aliphatic carbocycles. The van der Waals surface area contributed by atoms with Gasteiger partial charge >= 0.3 is 0 Å². The van der Waals surface area contributed by atoms with Crippen LogP contribution < -0.4 is 9.47 Å². The monoisotopic (exact) mass is 274 g/mol. The van der Waals surface area contributed by atoms with Gasteiger partial charge in [-0.05, 0) is 31.5 Å². The van der Waals surface area contributed by atoms with Crippen molar-refractivity contribution in [1.82, 2.24) is 0 Å². The minimum Gasteiger partial charge on any atom is -0.491 e. The Labute approximate surface area is 119 Å². The summed E-state index contributed by atoms with van der Waals surface area (Å²) in [6.07, 6.45) is 1.11. The molecule has 0 fully saturated rings. The molecule has 2 aromatic carbocycles. The average molecular weight is 274 g/mol. The smallest absolute Gasteiger partial charge is 0.129 e. The lowest BCUT2D eigenvalue weighted by molar-refractivity contribution is 0.215. The van der Waals surface area contributed by atoms with Crippen LogP contribution in [-0.2, 0) is 6.61 Å². The van der Waals surface area contributed by atoms with E-state index in [1.54, 1.807) is 18.2 Å². The van der Waals surface area contributed by atoms with Gasteiger partial charge in [0.15, 0.2) is 0 Å². The Morgan fingerprint density at radius 1 is 1.05 bits per heavy atom. The third-order valence-electron chi connectivity index (χ3n) is 3.07. The van der Waals surface area contributed by atoms with Gasteiger partial charge in [-0.15, -0.1) is 0 Å². The van der Waals surface area contributed by atoms with Crippen molar-refractivity contribution in [3.8, 4) is 11.5 Å². The molecule has 0 saturated heterocycles. The lowest BCUT2D eigenvalue weighted by atomic mass is 10.2. The normalized spacial score (nSPS) is 11.9. The molecule has 0 radical (unpaired) electrons. The topological polar surface area (TPSA) is 18.5 Å². The van der Waals surface area contributed by atoms with Gasteiger partial charge in [0.05, 0.1) is 6.10 Å². The molecule has 2 nitrogen and oxygen atoms in total. The van der Waals surface area contributed by atoms with Gasteiger partial charge in [0.1, 0.15) is 23.9 Å². The largest absolute Gasteiger partial charge is 0.491 e. The zero-order chi connectivity index (χ0) is 14.4. The van der Waals surface area contributed by atoms with Gasteiger partial charge in [-0.2, -0.15) is 0 Å². The highest BCUT2D eigenvalue weighted by Crippen LogP contribution is 2.22. The molecule has 106 valence electrons. The highest BCUT2D eigenvalue weighted by molar-refractivity contribution is 5.33. The number of ether oxygens (including phenoxy) is 2. The third kappa shape index (κ3) is 3.98. The number of hydrogen-bond acceptors (Lipinski definition) is 2. The lowest BCUT2D eigenvalue weighted by Gasteiger charge is -2.14. The first-order chi connectivity index (χ1) is 9.69. The summed E-state index contributed by atoms with van der Waals surface area (Å²) in [5, 5.41) is 0. The molecule has 20 heavy (non-hydrogen) atoms. The fourth-order valence-corrected chi connectivity index (χ4v) is 1.73. The molecule has 0 aliphatic heterocycles. The fraction of sp³-hybridized carbons (Fsp3) is 0.294. The molecule has 0 heterocycles. The second-order valence-electron chi connectivity index (χ2n) is 4.69. The Balaban J connectivity index is 2.00. The van der Waals surface area contributed by atoms with Gasteiger partial charge in [0, 0.05) is 11.6 Å². The summed E-state index contributed by atoms with van der Waals surface area (Å²) in [6, 6.07) is 14.0. The van der Waals surface area contributed by atoms with E-state index in [0.717, 1.165) is 12.2 Å². The molecule has 2 aromatic rings.